The van der Waals surface area contributed by atoms with Gasteiger partial charge in [-0.05, 0) is 38.8 Å². The van der Waals surface area contributed by atoms with Crippen LogP contribution < -0.4 is 0 Å². The summed E-state index contributed by atoms with van der Waals surface area (Å²) in [6.45, 7) is 1.87. The van der Waals surface area contributed by atoms with Gasteiger partial charge in [0.2, 0.25) is 0 Å². The maximum Gasteiger partial charge on any atom is 0.251 e. The van der Waals surface area contributed by atoms with E-state index in [1.165, 1.54) is 0 Å². The number of halogens is 4. The van der Waals surface area contributed by atoms with E-state index in [-0.39, 0.29) is 10.8 Å². The largest absolute Gasteiger partial charge is 0.251 e. The van der Waals surface area contributed by atoms with E-state index in [4.69, 9.17) is 45.4 Å². The lowest BCUT2D eigenvalue weighted by atomic mass is 10.4. The summed E-state index contributed by atoms with van der Waals surface area (Å²) in [5, 5.41) is 0.329. The zero-order valence-corrected chi connectivity index (χ0v) is 12.0. The molecule has 0 N–H and O–H groups in total. The Balaban J connectivity index is 3.66. The molecule has 0 saturated heterocycles. The molecule has 0 spiro atoms. The van der Waals surface area contributed by atoms with Crippen LogP contribution >= 0.6 is 45.4 Å². The summed E-state index contributed by atoms with van der Waals surface area (Å²) in [4.78, 5) is 0. The average Bonchev–Trinajstić information content (AvgIpc) is 1.98. The number of rotatable bonds is 6. The van der Waals surface area contributed by atoms with Crippen LogP contribution in [-0.4, -0.2) is 17.4 Å². The minimum absolute atomic E-state index is 0.165. The molecule has 0 saturated carbocycles. The van der Waals surface area contributed by atoms with Gasteiger partial charge in [0.15, 0.2) is 0 Å². The molecule has 0 fully saturated rings. The minimum Gasteiger partial charge on any atom is -0.146 e. The second-order valence-electron chi connectivity index (χ2n) is 3.49. The predicted molar refractivity (Wildman–Crippen MR) is 66.9 cm³/mol. The Morgan fingerprint density at radius 1 is 0.923 bits per heavy atom. The first-order valence-electron chi connectivity index (χ1n) is 4.49. The van der Waals surface area contributed by atoms with E-state index in [2.05, 4.69) is 0 Å². The van der Waals surface area contributed by atoms with Crippen molar-refractivity contribution in [2.75, 3.05) is 0 Å². The molecule has 0 aromatic heterocycles. The highest BCUT2D eigenvalue weighted by molar-refractivity contribution is 7.45. The Kier molecular flexibility index (Phi) is 7.51. The van der Waals surface area contributed by atoms with E-state index in [0.717, 1.165) is 24.9 Å². The lowest BCUT2D eigenvalue weighted by Gasteiger charge is -2.17. The smallest absolute Gasteiger partial charge is 0.146 e. The van der Waals surface area contributed by atoms with E-state index < -0.39 is 6.69 Å². The Labute approximate surface area is 101 Å². The molecule has 0 rings (SSSR count). The van der Waals surface area contributed by atoms with E-state index in [1.807, 2.05) is 13.8 Å². The van der Waals surface area contributed by atoms with Crippen LogP contribution in [0.4, 0.5) is 0 Å². The van der Waals surface area contributed by atoms with Gasteiger partial charge in [-0.2, -0.15) is 0 Å². The highest BCUT2D eigenvalue weighted by Gasteiger charge is 2.28. The molecule has 0 aliphatic heterocycles. The van der Waals surface area contributed by atoms with E-state index in [1.54, 1.807) is 0 Å². The fourth-order valence-corrected chi connectivity index (χ4v) is 4.80. The monoisotopic (exact) mass is 280 g/mol. The Morgan fingerprint density at radius 3 is 1.46 bits per heavy atom. The zero-order chi connectivity index (χ0) is 10.5. The molecule has 0 nitrogen and oxygen atoms in total. The van der Waals surface area contributed by atoms with Gasteiger partial charge in [-0.1, -0.05) is 0 Å². The summed E-state index contributed by atoms with van der Waals surface area (Å²) in [6.07, 6.45) is 1.80. The van der Waals surface area contributed by atoms with Crippen molar-refractivity contribution in [3.05, 3.63) is 0 Å². The normalized spacial score (nSPS) is 17.1. The summed E-state index contributed by atoms with van der Waals surface area (Å²) in [5.74, 6) is 0. The molecular formula is C8H16Cl4Si. The van der Waals surface area contributed by atoms with Crippen molar-refractivity contribution in [1.29, 1.82) is 0 Å². The standard InChI is InChI=1S/C8H16Cl4Si/c1-7(9)3-5-13(11,12)6-4-8(2)10/h7-8H,3-6H2,1-2H3. The van der Waals surface area contributed by atoms with Crippen LogP contribution in [0.25, 0.3) is 0 Å². The van der Waals surface area contributed by atoms with Crippen molar-refractivity contribution in [3.63, 3.8) is 0 Å². The number of alkyl halides is 2. The maximum absolute atomic E-state index is 6.21. The first-order chi connectivity index (χ1) is 5.83. The van der Waals surface area contributed by atoms with Gasteiger partial charge in [0.25, 0.3) is 6.69 Å². The van der Waals surface area contributed by atoms with E-state index >= 15 is 0 Å². The van der Waals surface area contributed by atoms with Crippen molar-refractivity contribution < 1.29 is 0 Å². The van der Waals surface area contributed by atoms with Gasteiger partial charge >= 0.3 is 0 Å². The predicted octanol–water partition coefficient (Wildman–Crippen LogP) is 4.94. The number of hydrogen-bond acceptors (Lipinski definition) is 0. The van der Waals surface area contributed by atoms with Crippen molar-refractivity contribution in [2.24, 2.45) is 0 Å². The minimum atomic E-state index is -2.05. The second-order valence-corrected chi connectivity index (χ2v) is 12.6. The van der Waals surface area contributed by atoms with Crippen LogP contribution in [-0.2, 0) is 0 Å². The first kappa shape index (κ1) is 14.4. The Morgan fingerprint density at radius 2 is 1.23 bits per heavy atom. The molecule has 0 aromatic rings. The molecular weight excluding hydrogens is 266 g/mol. The molecule has 13 heavy (non-hydrogen) atoms. The van der Waals surface area contributed by atoms with Crippen LogP contribution in [0, 0.1) is 0 Å². The molecule has 2 unspecified atom stereocenters. The molecule has 0 aliphatic carbocycles. The first-order valence-corrected chi connectivity index (χ1v) is 9.80. The molecule has 0 radical (unpaired) electrons. The zero-order valence-electron chi connectivity index (χ0n) is 7.99. The topological polar surface area (TPSA) is 0 Å². The lowest BCUT2D eigenvalue weighted by molar-refractivity contribution is 0.854. The molecule has 5 heteroatoms. The van der Waals surface area contributed by atoms with Gasteiger partial charge in [0, 0.05) is 10.8 Å². The molecule has 0 aliphatic rings. The molecule has 2 atom stereocenters. The SMILES string of the molecule is CC(Cl)CC[Si](Cl)(Cl)CCC(C)Cl. The summed E-state index contributed by atoms with van der Waals surface area (Å²) in [7, 11) is 0. The van der Waals surface area contributed by atoms with Crippen molar-refractivity contribution in [1.82, 2.24) is 0 Å². The Hall–Kier alpha value is 1.38. The third kappa shape index (κ3) is 9.68. The van der Waals surface area contributed by atoms with Crippen LogP contribution in [0.15, 0.2) is 0 Å². The van der Waals surface area contributed by atoms with Gasteiger partial charge in [-0.15, -0.1) is 45.4 Å². The van der Waals surface area contributed by atoms with Crippen LogP contribution in [0.1, 0.15) is 26.7 Å². The van der Waals surface area contributed by atoms with Crippen molar-refractivity contribution in [3.8, 4) is 0 Å². The van der Waals surface area contributed by atoms with Crippen molar-refractivity contribution in [2.45, 2.75) is 49.5 Å². The van der Waals surface area contributed by atoms with Crippen LogP contribution in [0.2, 0.25) is 12.1 Å². The third-order valence-electron chi connectivity index (χ3n) is 1.82. The van der Waals surface area contributed by atoms with Crippen LogP contribution in [0.3, 0.4) is 0 Å². The quantitative estimate of drug-likeness (QED) is 0.367. The van der Waals surface area contributed by atoms with Gasteiger partial charge in [0.1, 0.15) is 0 Å². The molecule has 0 heterocycles. The van der Waals surface area contributed by atoms with Crippen molar-refractivity contribution >= 4 is 52.1 Å². The van der Waals surface area contributed by atoms with Crippen LogP contribution in [0.5, 0.6) is 0 Å². The molecule has 0 bridgehead atoms. The van der Waals surface area contributed by atoms with E-state index in [0.29, 0.717) is 0 Å². The highest BCUT2D eigenvalue weighted by atomic mass is 35.7. The molecule has 0 aromatic carbocycles. The fraction of sp³-hybridized carbons (Fsp3) is 1.00. The summed E-state index contributed by atoms with van der Waals surface area (Å²) in [5.41, 5.74) is 0. The van der Waals surface area contributed by atoms with Gasteiger partial charge < -0.3 is 0 Å². The summed E-state index contributed by atoms with van der Waals surface area (Å²) in [6, 6.07) is 1.73. The van der Waals surface area contributed by atoms with Gasteiger partial charge in [-0.25, -0.2) is 0 Å². The third-order valence-corrected chi connectivity index (χ3v) is 6.56. The second kappa shape index (κ2) is 6.79. The maximum atomic E-state index is 6.21. The fourth-order valence-electron chi connectivity index (χ4n) is 0.945. The average molecular weight is 282 g/mol. The number of hydrogen-bond donors (Lipinski definition) is 0. The highest BCUT2D eigenvalue weighted by Crippen LogP contribution is 2.31. The summed E-state index contributed by atoms with van der Waals surface area (Å²) < 4.78 is 0. The summed E-state index contributed by atoms with van der Waals surface area (Å²) >= 11 is 24.1. The molecule has 0 amide bonds. The van der Waals surface area contributed by atoms with Gasteiger partial charge in [-0.3, -0.25) is 0 Å². The Bertz CT molecular complexity index is 122. The lowest BCUT2D eigenvalue weighted by Crippen LogP contribution is -2.20. The van der Waals surface area contributed by atoms with E-state index in [9.17, 15) is 0 Å². The van der Waals surface area contributed by atoms with Gasteiger partial charge in [0.05, 0.1) is 0 Å². The molecule has 80 valence electrons.